The highest BCUT2D eigenvalue weighted by atomic mass is 79.9. The van der Waals surface area contributed by atoms with Crippen molar-refractivity contribution in [2.75, 3.05) is 10.6 Å². The average Bonchev–Trinajstić information content (AvgIpc) is 2.59. The summed E-state index contributed by atoms with van der Waals surface area (Å²) in [5.74, 6) is 0.236. The molecule has 0 atom stereocenters. The highest BCUT2D eigenvalue weighted by Gasteiger charge is 2.23. The van der Waals surface area contributed by atoms with Crippen molar-refractivity contribution in [3.63, 3.8) is 0 Å². The highest BCUT2D eigenvalue weighted by Crippen LogP contribution is 2.34. The molecule has 0 spiro atoms. The van der Waals surface area contributed by atoms with Gasteiger partial charge in [0.1, 0.15) is 6.33 Å². The van der Waals surface area contributed by atoms with Crippen LogP contribution in [0.5, 0.6) is 0 Å². The zero-order valence-corrected chi connectivity index (χ0v) is 14.8. The van der Waals surface area contributed by atoms with Crippen LogP contribution in [0.1, 0.15) is 5.56 Å². The standard InChI is InChI=1S/C17H14BrN5O2/c1-11-6-8-12(9-7-11)21-16-15(23(24)25)17(20-10-19-16)22-14-5-3-2-4-13(14)18/h2-10H,1H3,(H2,19,20,21,22). The van der Waals surface area contributed by atoms with E-state index in [4.69, 9.17) is 0 Å². The van der Waals surface area contributed by atoms with Gasteiger partial charge in [0.05, 0.1) is 10.6 Å². The molecule has 0 amide bonds. The van der Waals surface area contributed by atoms with Gasteiger partial charge in [0.25, 0.3) is 0 Å². The fourth-order valence-electron chi connectivity index (χ4n) is 2.20. The topological polar surface area (TPSA) is 93.0 Å². The summed E-state index contributed by atoms with van der Waals surface area (Å²) in [5, 5.41) is 17.6. The number of aryl methyl sites for hydroxylation is 1. The Bertz CT molecular complexity index is 915. The van der Waals surface area contributed by atoms with E-state index in [1.54, 1.807) is 6.07 Å². The van der Waals surface area contributed by atoms with E-state index in [-0.39, 0.29) is 17.3 Å². The first-order valence-corrected chi connectivity index (χ1v) is 8.18. The summed E-state index contributed by atoms with van der Waals surface area (Å²) in [7, 11) is 0. The SMILES string of the molecule is Cc1ccc(Nc2ncnc(Nc3ccccc3Br)c2[N+](=O)[O-])cc1. The van der Waals surface area contributed by atoms with E-state index in [9.17, 15) is 10.1 Å². The molecule has 1 aromatic heterocycles. The molecule has 0 aliphatic carbocycles. The van der Waals surface area contributed by atoms with Gasteiger partial charge in [-0.05, 0) is 47.1 Å². The number of anilines is 4. The number of nitro groups is 1. The molecule has 2 aromatic carbocycles. The Hall–Kier alpha value is -3.00. The van der Waals surface area contributed by atoms with Crippen LogP contribution in [0.15, 0.2) is 59.3 Å². The second-order valence-corrected chi connectivity index (χ2v) is 6.13. The maximum Gasteiger partial charge on any atom is 0.353 e. The van der Waals surface area contributed by atoms with E-state index in [1.165, 1.54) is 6.33 Å². The summed E-state index contributed by atoms with van der Waals surface area (Å²) in [4.78, 5) is 19.1. The zero-order chi connectivity index (χ0) is 17.8. The molecule has 0 radical (unpaired) electrons. The molecule has 0 saturated carbocycles. The van der Waals surface area contributed by atoms with Crippen molar-refractivity contribution in [2.45, 2.75) is 6.92 Å². The van der Waals surface area contributed by atoms with Crippen LogP contribution in [0.4, 0.5) is 28.7 Å². The summed E-state index contributed by atoms with van der Waals surface area (Å²) in [6.45, 7) is 1.97. The first kappa shape index (κ1) is 16.8. The Kier molecular flexibility index (Phi) is 4.90. The Morgan fingerprint density at radius 2 is 1.64 bits per heavy atom. The summed E-state index contributed by atoms with van der Waals surface area (Å²) in [5.41, 5.74) is 2.25. The molecule has 0 saturated heterocycles. The number of halogens is 1. The molecule has 0 aliphatic rings. The zero-order valence-electron chi connectivity index (χ0n) is 13.2. The largest absolute Gasteiger partial charge is 0.353 e. The normalized spacial score (nSPS) is 10.3. The second-order valence-electron chi connectivity index (χ2n) is 5.27. The summed E-state index contributed by atoms with van der Waals surface area (Å²) < 4.78 is 0.774. The van der Waals surface area contributed by atoms with E-state index in [2.05, 4.69) is 36.5 Å². The molecular weight excluding hydrogens is 386 g/mol. The van der Waals surface area contributed by atoms with Crippen LogP contribution >= 0.6 is 15.9 Å². The van der Waals surface area contributed by atoms with Crippen LogP contribution in [0, 0.1) is 17.0 Å². The van der Waals surface area contributed by atoms with Gasteiger partial charge in [-0.3, -0.25) is 10.1 Å². The maximum absolute atomic E-state index is 11.6. The van der Waals surface area contributed by atoms with Gasteiger partial charge < -0.3 is 10.6 Å². The van der Waals surface area contributed by atoms with Crippen molar-refractivity contribution < 1.29 is 4.92 Å². The molecule has 3 rings (SSSR count). The van der Waals surface area contributed by atoms with Gasteiger partial charge in [-0.25, -0.2) is 9.97 Å². The number of nitrogens with zero attached hydrogens (tertiary/aromatic N) is 3. The highest BCUT2D eigenvalue weighted by molar-refractivity contribution is 9.10. The Morgan fingerprint density at radius 3 is 2.28 bits per heavy atom. The van der Waals surface area contributed by atoms with Crippen molar-refractivity contribution in [2.24, 2.45) is 0 Å². The lowest BCUT2D eigenvalue weighted by atomic mass is 10.2. The number of para-hydroxylation sites is 1. The average molecular weight is 400 g/mol. The van der Waals surface area contributed by atoms with E-state index in [0.717, 1.165) is 10.0 Å². The van der Waals surface area contributed by atoms with Gasteiger partial charge in [-0.15, -0.1) is 0 Å². The van der Waals surface area contributed by atoms with Crippen molar-refractivity contribution in [3.8, 4) is 0 Å². The van der Waals surface area contributed by atoms with Gasteiger partial charge in [-0.2, -0.15) is 0 Å². The second kappa shape index (κ2) is 7.27. The minimum Gasteiger partial charge on any atom is -0.334 e. The lowest BCUT2D eigenvalue weighted by molar-refractivity contribution is -0.383. The van der Waals surface area contributed by atoms with Gasteiger partial charge in [0.15, 0.2) is 0 Å². The molecule has 0 fully saturated rings. The van der Waals surface area contributed by atoms with Crippen LogP contribution in [0.3, 0.4) is 0 Å². The number of rotatable bonds is 5. The third kappa shape index (κ3) is 3.92. The van der Waals surface area contributed by atoms with Crippen molar-refractivity contribution in [3.05, 3.63) is 75.0 Å². The summed E-state index contributed by atoms with van der Waals surface area (Å²) in [6.07, 6.45) is 1.28. The molecule has 1 heterocycles. The molecule has 8 heteroatoms. The van der Waals surface area contributed by atoms with Crippen LogP contribution in [-0.4, -0.2) is 14.9 Å². The number of aromatic nitrogens is 2. The summed E-state index contributed by atoms with van der Waals surface area (Å²) in [6, 6.07) is 14.8. The predicted molar refractivity (Wildman–Crippen MR) is 101 cm³/mol. The molecule has 7 nitrogen and oxygen atoms in total. The predicted octanol–water partition coefficient (Wildman–Crippen LogP) is 4.94. The lowest BCUT2D eigenvalue weighted by Gasteiger charge is -2.11. The number of nitrogens with one attached hydrogen (secondary N) is 2. The fraction of sp³-hybridized carbons (Fsp3) is 0.0588. The van der Waals surface area contributed by atoms with E-state index in [1.807, 2.05) is 49.4 Å². The molecule has 0 aliphatic heterocycles. The van der Waals surface area contributed by atoms with Crippen LogP contribution in [-0.2, 0) is 0 Å². The number of benzene rings is 2. The first-order chi connectivity index (χ1) is 12.0. The lowest BCUT2D eigenvalue weighted by Crippen LogP contribution is -2.05. The van der Waals surface area contributed by atoms with Crippen LogP contribution < -0.4 is 10.6 Å². The smallest absolute Gasteiger partial charge is 0.334 e. The van der Waals surface area contributed by atoms with Gasteiger partial charge in [0, 0.05) is 10.2 Å². The first-order valence-electron chi connectivity index (χ1n) is 7.39. The monoisotopic (exact) mass is 399 g/mol. The minimum absolute atomic E-state index is 0.113. The van der Waals surface area contributed by atoms with Crippen molar-refractivity contribution >= 4 is 44.6 Å². The van der Waals surface area contributed by atoms with E-state index >= 15 is 0 Å². The number of hydrogen-bond donors (Lipinski definition) is 2. The third-order valence-electron chi connectivity index (χ3n) is 3.45. The number of hydrogen-bond acceptors (Lipinski definition) is 6. The fourth-order valence-corrected chi connectivity index (χ4v) is 2.58. The Morgan fingerprint density at radius 1 is 1.00 bits per heavy atom. The maximum atomic E-state index is 11.6. The third-order valence-corrected chi connectivity index (χ3v) is 4.14. The van der Waals surface area contributed by atoms with Gasteiger partial charge in [-0.1, -0.05) is 29.8 Å². The van der Waals surface area contributed by atoms with E-state index in [0.29, 0.717) is 11.4 Å². The summed E-state index contributed by atoms with van der Waals surface area (Å²) >= 11 is 3.40. The Balaban J connectivity index is 1.98. The Labute approximate surface area is 152 Å². The molecule has 2 N–H and O–H groups in total. The van der Waals surface area contributed by atoms with Gasteiger partial charge >= 0.3 is 5.69 Å². The van der Waals surface area contributed by atoms with Crippen LogP contribution in [0.25, 0.3) is 0 Å². The molecular formula is C17H14BrN5O2. The van der Waals surface area contributed by atoms with Crippen molar-refractivity contribution in [1.29, 1.82) is 0 Å². The molecule has 0 bridgehead atoms. The minimum atomic E-state index is -0.504. The molecule has 126 valence electrons. The quantitative estimate of drug-likeness (QED) is 0.465. The van der Waals surface area contributed by atoms with Crippen LogP contribution in [0.2, 0.25) is 0 Å². The van der Waals surface area contributed by atoms with Crippen molar-refractivity contribution in [1.82, 2.24) is 9.97 Å². The molecule has 0 unspecified atom stereocenters. The van der Waals surface area contributed by atoms with E-state index < -0.39 is 4.92 Å². The molecule has 25 heavy (non-hydrogen) atoms. The molecule has 3 aromatic rings. The van der Waals surface area contributed by atoms with Gasteiger partial charge in [0.2, 0.25) is 11.6 Å².